The van der Waals surface area contributed by atoms with Gasteiger partial charge in [0, 0.05) is 28.9 Å². The standard InChI is InChI=1S/C34H27Cl2F3N4O6/c1-48-25-12-8-22(26(16-25)34(37,38)39)15-29(44)40-24-10-6-21(7-11-24)33(47)43(18-30(45)46)17-19-2-4-20(5-3-19)32-41-31(42-49-32)23-9-13-27(35)28(36)14-23/h2-14,16,30,45-46H,15,17-18H2,1H3,(H,40,44). The number of ether oxygens (including phenoxy) is 1. The zero-order valence-corrected chi connectivity index (χ0v) is 27.1. The Labute approximate surface area is 287 Å². The van der Waals surface area contributed by atoms with Crippen LogP contribution in [0.1, 0.15) is 27.0 Å². The molecule has 10 nitrogen and oxygen atoms in total. The van der Waals surface area contributed by atoms with Gasteiger partial charge >= 0.3 is 6.18 Å². The molecule has 5 aromatic rings. The van der Waals surface area contributed by atoms with E-state index in [4.69, 9.17) is 32.5 Å². The monoisotopic (exact) mass is 714 g/mol. The Hall–Kier alpha value is -4.95. The molecule has 0 bridgehead atoms. The van der Waals surface area contributed by atoms with Crippen LogP contribution >= 0.6 is 23.2 Å². The van der Waals surface area contributed by atoms with E-state index in [1.54, 1.807) is 42.5 Å². The average Bonchev–Trinajstić information content (AvgIpc) is 3.56. The van der Waals surface area contributed by atoms with Crippen LogP contribution in [0.4, 0.5) is 18.9 Å². The summed E-state index contributed by atoms with van der Waals surface area (Å²) in [6.07, 6.45) is -7.06. The van der Waals surface area contributed by atoms with Crippen molar-refractivity contribution in [3.05, 3.63) is 117 Å². The predicted molar refractivity (Wildman–Crippen MR) is 175 cm³/mol. The molecule has 5 rings (SSSR count). The second-order valence-electron chi connectivity index (χ2n) is 10.7. The molecular formula is C34H27Cl2F3N4O6. The van der Waals surface area contributed by atoms with E-state index in [0.29, 0.717) is 32.6 Å². The highest BCUT2D eigenvalue weighted by atomic mass is 35.5. The maximum atomic E-state index is 13.5. The molecule has 1 aromatic heterocycles. The molecule has 4 aromatic carbocycles. The first-order chi connectivity index (χ1) is 23.3. The van der Waals surface area contributed by atoms with Crippen molar-refractivity contribution in [1.29, 1.82) is 0 Å². The summed E-state index contributed by atoms with van der Waals surface area (Å²) in [5, 5.41) is 26.6. The van der Waals surface area contributed by atoms with Crippen molar-refractivity contribution in [2.45, 2.75) is 25.4 Å². The summed E-state index contributed by atoms with van der Waals surface area (Å²) >= 11 is 12.1. The first-order valence-corrected chi connectivity index (χ1v) is 15.2. The predicted octanol–water partition coefficient (Wildman–Crippen LogP) is 6.87. The number of anilines is 1. The van der Waals surface area contributed by atoms with Gasteiger partial charge in [-0.05, 0) is 77.9 Å². The number of rotatable bonds is 11. The average molecular weight is 716 g/mol. The van der Waals surface area contributed by atoms with Crippen LogP contribution in [0.3, 0.4) is 0 Å². The van der Waals surface area contributed by atoms with Crippen LogP contribution in [-0.2, 0) is 23.9 Å². The summed E-state index contributed by atoms with van der Waals surface area (Å²) < 4.78 is 50.9. The van der Waals surface area contributed by atoms with Gasteiger partial charge < -0.3 is 29.7 Å². The fourth-order valence-electron chi connectivity index (χ4n) is 4.84. The maximum absolute atomic E-state index is 13.5. The van der Waals surface area contributed by atoms with E-state index in [1.807, 2.05) is 0 Å². The molecule has 0 atom stereocenters. The summed E-state index contributed by atoms with van der Waals surface area (Å²) in [5.41, 5.74) is 1.08. The minimum atomic E-state index is -4.69. The van der Waals surface area contributed by atoms with Crippen LogP contribution in [0.15, 0.2) is 89.5 Å². The van der Waals surface area contributed by atoms with Gasteiger partial charge in [-0.15, -0.1) is 0 Å². The number of halogens is 5. The number of carbonyl (C=O) groups excluding carboxylic acids is 2. The number of alkyl halides is 3. The van der Waals surface area contributed by atoms with Gasteiger partial charge in [-0.2, -0.15) is 18.2 Å². The molecule has 0 fully saturated rings. The SMILES string of the molecule is COc1ccc(CC(=O)Nc2ccc(C(=O)N(Cc3ccc(-c4nc(-c5ccc(Cl)c(Cl)c5)no4)cc3)CC(O)O)cc2)c(C(F)(F)F)c1. The quantitative estimate of drug-likeness (QED) is 0.126. The van der Waals surface area contributed by atoms with Crippen molar-refractivity contribution >= 4 is 40.7 Å². The highest BCUT2D eigenvalue weighted by Crippen LogP contribution is 2.35. The smallest absolute Gasteiger partial charge is 0.416 e. The summed E-state index contributed by atoms with van der Waals surface area (Å²) in [6, 6.07) is 20.8. The number of aromatic nitrogens is 2. The van der Waals surface area contributed by atoms with E-state index in [1.165, 1.54) is 48.4 Å². The maximum Gasteiger partial charge on any atom is 0.416 e. The summed E-state index contributed by atoms with van der Waals surface area (Å²) in [6.45, 7) is -0.393. The molecule has 0 aliphatic rings. The van der Waals surface area contributed by atoms with Gasteiger partial charge in [-0.1, -0.05) is 46.6 Å². The van der Waals surface area contributed by atoms with Gasteiger partial charge in [0.1, 0.15) is 5.75 Å². The summed E-state index contributed by atoms with van der Waals surface area (Å²) in [7, 11) is 1.24. The summed E-state index contributed by atoms with van der Waals surface area (Å²) in [5.74, 6) is -0.676. The van der Waals surface area contributed by atoms with Crippen LogP contribution < -0.4 is 10.1 Å². The molecule has 0 aliphatic heterocycles. The normalized spacial score (nSPS) is 11.4. The van der Waals surface area contributed by atoms with Gasteiger partial charge in [0.25, 0.3) is 11.8 Å². The lowest BCUT2D eigenvalue weighted by atomic mass is 10.0. The summed E-state index contributed by atoms with van der Waals surface area (Å²) in [4.78, 5) is 31.6. The molecule has 0 spiro atoms. The molecule has 0 saturated carbocycles. The lowest BCUT2D eigenvalue weighted by molar-refractivity contribution is -0.138. The van der Waals surface area contributed by atoms with Gasteiger partial charge in [0.2, 0.25) is 11.7 Å². The number of aliphatic hydroxyl groups is 2. The van der Waals surface area contributed by atoms with Gasteiger partial charge in [0.15, 0.2) is 6.29 Å². The van der Waals surface area contributed by atoms with Crippen molar-refractivity contribution < 1.29 is 42.2 Å². The largest absolute Gasteiger partial charge is 0.497 e. The Bertz CT molecular complexity index is 1950. The number of nitrogens with one attached hydrogen (secondary N) is 1. The van der Waals surface area contributed by atoms with Crippen LogP contribution in [-0.4, -0.2) is 57.0 Å². The Morgan fingerprint density at radius 2 is 1.63 bits per heavy atom. The van der Waals surface area contributed by atoms with Crippen molar-refractivity contribution in [2.75, 3.05) is 19.0 Å². The van der Waals surface area contributed by atoms with Crippen molar-refractivity contribution in [2.24, 2.45) is 0 Å². The minimum Gasteiger partial charge on any atom is -0.497 e. The molecule has 3 N–H and O–H groups in total. The third-order valence-corrected chi connectivity index (χ3v) is 7.98. The van der Waals surface area contributed by atoms with E-state index in [2.05, 4.69) is 15.5 Å². The van der Waals surface area contributed by atoms with Crippen molar-refractivity contribution in [1.82, 2.24) is 15.0 Å². The fraction of sp³-hybridized carbons (Fsp3) is 0.176. The first kappa shape index (κ1) is 35.4. The number of nitrogens with zero attached hydrogens (tertiary/aromatic N) is 3. The Kier molecular flexibility index (Phi) is 10.9. The number of hydrogen-bond donors (Lipinski definition) is 3. The highest BCUT2D eigenvalue weighted by Gasteiger charge is 2.34. The second kappa shape index (κ2) is 15.1. The van der Waals surface area contributed by atoms with Crippen molar-refractivity contribution in [3.63, 3.8) is 0 Å². The fourth-order valence-corrected chi connectivity index (χ4v) is 5.14. The number of aliphatic hydroxyl groups excluding tert-OH is 1. The van der Waals surface area contributed by atoms with Gasteiger partial charge in [-0.3, -0.25) is 9.59 Å². The van der Waals surface area contributed by atoms with Crippen LogP contribution in [0, 0.1) is 0 Å². The molecule has 0 saturated heterocycles. The topological polar surface area (TPSA) is 138 Å². The molecule has 2 amide bonds. The Morgan fingerprint density at radius 1 is 0.939 bits per heavy atom. The van der Waals surface area contributed by atoms with E-state index in [0.717, 1.165) is 6.07 Å². The lowest BCUT2D eigenvalue weighted by Crippen LogP contribution is -2.37. The molecule has 0 aliphatic carbocycles. The van der Waals surface area contributed by atoms with E-state index in [9.17, 15) is 33.0 Å². The number of benzene rings is 4. The zero-order chi connectivity index (χ0) is 35.3. The zero-order valence-electron chi connectivity index (χ0n) is 25.5. The molecule has 15 heteroatoms. The molecular weight excluding hydrogens is 688 g/mol. The van der Waals surface area contributed by atoms with E-state index < -0.39 is 42.8 Å². The van der Waals surface area contributed by atoms with Crippen LogP contribution in [0.2, 0.25) is 10.0 Å². The molecule has 49 heavy (non-hydrogen) atoms. The Balaban J connectivity index is 1.24. The second-order valence-corrected chi connectivity index (χ2v) is 11.6. The van der Waals surface area contributed by atoms with Gasteiger partial charge in [0.05, 0.1) is 35.7 Å². The van der Waals surface area contributed by atoms with Crippen LogP contribution in [0.25, 0.3) is 22.8 Å². The van der Waals surface area contributed by atoms with Gasteiger partial charge in [-0.25, -0.2) is 0 Å². The lowest BCUT2D eigenvalue weighted by Gasteiger charge is -2.24. The van der Waals surface area contributed by atoms with E-state index >= 15 is 0 Å². The third-order valence-electron chi connectivity index (χ3n) is 7.24. The van der Waals surface area contributed by atoms with Crippen molar-refractivity contribution in [3.8, 4) is 28.6 Å². The number of methoxy groups -OCH3 is 1. The number of hydrogen-bond acceptors (Lipinski definition) is 8. The minimum absolute atomic E-state index is 0.0101. The molecule has 0 radical (unpaired) electrons. The number of carbonyl (C=O) groups is 2. The van der Waals surface area contributed by atoms with Crippen LogP contribution in [0.5, 0.6) is 5.75 Å². The van der Waals surface area contributed by atoms with E-state index in [-0.39, 0.29) is 35.0 Å². The Morgan fingerprint density at radius 3 is 2.27 bits per heavy atom. The number of amides is 2. The highest BCUT2D eigenvalue weighted by molar-refractivity contribution is 6.42. The molecule has 254 valence electrons. The molecule has 0 unspecified atom stereocenters. The third kappa shape index (κ3) is 8.95. The first-order valence-electron chi connectivity index (χ1n) is 14.5. The molecule has 1 heterocycles.